The fourth-order valence-electron chi connectivity index (χ4n) is 1.59. The average Bonchev–Trinajstić information content (AvgIpc) is 2.99. The molecule has 1 N–H and O–H groups in total. The normalized spacial score (nSPS) is 15.6. The second kappa shape index (κ2) is 4.52. The molecule has 0 saturated heterocycles. The molecule has 1 fully saturated rings. The Morgan fingerprint density at radius 1 is 1.47 bits per heavy atom. The minimum atomic E-state index is -3.28. The first-order valence-electron chi connectivity index (χ1n) is 5.61. The maximum Gasteiger partial charge on any atom is 0.229 e. The number of sulfonamides is 1. The lowest BCUT2D eigenvalue weighted by molar-refractivity contribution is 0.299. The predicted molar refractivity (Wildman–Crippen MR) is 65.7 cm³/mol. The monoisotopic (exact) mass is 256 g/mol. The lowest BCUT2D eigenvalue weighted by Gasteiger charge is -2.13. The van der Waals surface area contributed by atoms with E-state index in [1.165, 1.54) is 6.20 Å². The second-order valence-electron chi connectivity index (χ2n) is 4.21. The summed E-state index contributed by atoms with van der Waals surface area (Å²) in [5, 5.41) is 0. The standard InChI is InChI=1S/C11H16N2O3S/c1-3-9-10(13-17(2,14)15)6-12-7-11(9)16-8-4-5-8/h6-8,13H,3-5H2,1-2H3. The van der Waals surface area contributed by atoms with Crippen molar-refractivity contribution in [1.29, 1.82) is 0 Å². The largest absolute Gasteiger partial charge is 0.488 e. The van der Waals surface area contributed by atoms with Gasteiger partial charge in [0.2, 0.25) is 10.0 Å². The number of anilines is 1. The van der Waals surface area contributed by atoms with Crippen LogP contribution in [0.4, 0.5) is 5.69 Å². The Morgan fingerprint density at radius 3 is 2.71 bits per heavy atom. The topological polar surface area (TPSA) is 68.3 Å². The van der Waals surface area contributed by atoms with Gasteiger partial charge >= 0.3 is 0 Å². The average molecular weight is 256 g/mol. The summed E-state index contributed by atoms with van der Waals surface area (Å²) in [6.07, 6.45) is 7.38. The first kappa shape index (κ1) is 12.2. The Balaban J connectivity index is 2.30. The third kappa shape index (κ3) is 3.33. The maximum absolute atomic E-state index is 11.2. The van der Waals surface area contributed by atoms with Gasteiger partial charge in [-0.3, -0.25) is 9.71 Å². The highest BCUT2D eigenvalue weighted by atomic mass is 32.2. The van der Waals surface area contributed by atoms with E-state index in [4.69, 9.17) is 4.74 Å². The van der Waals surface area contributed by atoms with Crippen molar-refractivity contribution in [3.63, 3.8) is 0 Å². The summed E-state index contributed by atoms with van der Waals surface area (Å²) in [5.74, 6) is 0.684. The number of hydrogen-bond donors (Lipinski definition) is 1. The van der Waals surface area contributed by atoms with Crippen LogP contribution in [0.1, 0.15) is 25.3 Å². The molecule has 1 heterocycles. The van der Waals surface area contributed by atoms with Crippen LogP contribution in [-0.4, -0.2) is 25.8 Å². The Labute approximate surface area is 101 Å². The van der Waals surface area contributed by atoms with Gasteiger partial charge in [0.1, 0.15) is 5.75 Å². The van der Waals surface area contributed by atoms with E-state index in [2.05, 4.69) is 9.71 Å². The van der Waals surface area contributed by atoms with Crippen molar-refractivity contribution in [1.82, 2.24) is 4.98 Å². The third-order valence-corrected chi connectivity index (χ3v) is 3.08. The van der Waals surface area contributed by atoms with Crippen molar-refractivity contribution in [2.75, 3.05) is 11.0 Å². The molecule has 0 radical (unpaired) electrons. The van der Waals surface area contributed by atoms with Crippen LogP contribution in [0.15, 0.2) is 12.4 Å². The number of ether oxygens (including phenoxy) is 1. The van der Waals surface area contributed by atoms with E-state index in [-0.39, 0.29) is 6.10 Å². The summed E-state index contributed by atoms with van der Waals surface area (Å²) in [7, 11) is -3.28. The summed E-state index contributed by atoms with van der Waals surface area (Å²) in [6.45, 7) is 1.96. The molecule has 17 heavy (non-hydrogen) atoms. The van der Waals surface area contributed by atoms with Crippen molar-refractivity contribution in [2.24, 2.45) is 0 Å². The van der Waals surface area contributed by atoms with E-state index in [1.807, 2.05) is 6.92 Å². The van der Waals surface area contributed by atoms with Gasteiger partial charge in [0.05, 0.1) is 30.4 Å². The molecule has 0 amide bonds. The van der Waals surface area contributed by atoms with E-state index in [0.717, 1.165) is 24.7 Å². The molecule has 2 rings (SSSR count). The Morgan fingerprint density at radius 2 is 2.18 bits per heavy atom. The number of pyridine rings is 1. The van der Waals surface area contributed by atoms with Crippen molar-refractivity contribution in [3.8, 4) is 5.75 Å². The van der Waals surface area contributed by atoms with Crippen molar-refractivity contribution in [2.45, 2.75) is 32.3 Å². The Hall–Kier alpha value is -1.30. The second-order valence-corrected chi connectivity index (χ2v) is 5.96. The summed E-state index contributed by atoms with van der Waals surface area (Å²) >= 11 is 0. The fraction of sp³-hybridized carbons (Fsp3) is 0.545. The van der Waals surface area contributed by atoms with Gasteiger partial charge in [-0.05, 0) is 19.3 Å². The predicted octanol–water partition coefficient (Wildman–Crippen LogP) is 1.56. The van der Waals surface area contributed by atoms with Gasteiger partial charge in [-0.25, -0.2) is 8.42 Å². The SMILES string of the molecule is CCc1c(NS(C)(=O)=O)cncc1OC1CC1. The molecule has 1 saturated carbocycles. The highest BCUT2D eigenvalue weighted by molar-refractivity contribution is 7.92. The number of rotatable bonds is 5. The molecule has 0 aliphatic heterocycles. The first-order valence-corrected chi connectivity index (χ1v) is 7.50. The molecule has 6 heteroatoms. The highest BCUT2D eigenvalue weighted by Crippen LogP contribution is 2.32. The summed E-state index contributed by atoms with van der Waals surface area (Å²) in [5.41, 5.74) is 1.37. The molecule has 1 aromatic rings. The van der Waals surface area contributed by atoms with Gasteiger partial charge in [0, 0.05) is 5.56 Å². The zero-order chi connectivity index (χ0) is 12.5. The van der Waals surface area contributed by atoms with Crippen LogP contribution in [0.3, 0.4) is 0 Å². The highest BCUT2D eigenvalue weighted by Gasteiger charge is 2.25. The number of nitrogens with one attached hydrogen (secondary N) is 1. The van der Waals surface area contributed by atoms with Crippen LogP contribution < -0.4 is 9.46 Å². The van der Waals surface area contributed by atoms with Crippen molar-refractivity contribution >= 4 is 15.7 Å². The summed E-state index contributed by atoms with van der Waals surface area (Å²) in [4.78, 5) is 4.01. The van der Waals surface area contributed by atoms with E-state index in [0.29, 0.717) is 17.9 Å². The van der Waals surface area contributed by atoms with Crippen LogP contribution in [0.25, 0.3) is 0 Å². The number of aromatic nitrogens is 1. The molecular weight excluding hydrogens is 240 g/mol. The van der Waals surface area contributed by atoms with Gasteiger partial charge in [-0.2, -0.15) is 0 Å². The lowest BCUT2D eigenvalue weighted by atomic mass is 10.1. The molecule has 0 spiro atoms. The summed E-state index contributed by atoms with van der Waals surface area (Å²) < 4.78 is 30.6. The van der Waals surface area contributed by atoms with E-state index in [1.54, 1.807) is 6.20 Å². The zero-order valence-electron chi connectivity index (χ0n) is 9.93. The van der Waals surface area contributed by atoms with Gasteiger partial charge in [0.15, 0.2) is 0 Å². The Bertz CT molecular complexity index is 509. The van der Waals surface area contributed by atoms with E-state index < -0.39 is 10.0 Å². The molecule has 0 aromatic carbocycles. The van der Waals surface area contributed by atoms with Gasteiger partial charge in [-0.1, -0.05) is 6.92 Å². The minimum absolute atomic E-state index is 0.274. The van der Waals surface area contributed by atoms with Crippen molar-refractivity contribution < 1.29 is 13.2 Å². The maximum atomic E-state index is 11.2. The molecule has 1 aliphatic rings. The van der Waals surface area contributed by atoms with Crippen LogP contribution in [0, 0.1) is 0 Å². The smallest absolute Gasteiger partial charge is 0.229 e. The van der Waals surface area contributed by atoms with Crippen LogP contribution in [-0.2, 0) is 16.4 Å². The van der Waals surface area contributed by atoms with Gasteiger partial charge in [-0.15, -0.1) is 0 Å². The van der Waals surface area contributed by atoms with Crippen molar-refractivity contribution in [3.05, 3.63) is 18.0 Å². The molecule has 0 bridgehead atoms. The number of nitrogens with zero attached hydrogens (tertiary/aromatic N) is 1. The molecule has 1 aromatic heterocycles. The van der Waals surface area contributed by atoms with Crippen LogP contribution in [0.2, 0.25) is 0 Å². The van der Waals surface area contributed by atoms with E-state index in [9.17, 15) is 8.42 Å². The molecular formula is C11H16N2O3S. The van der Waals surface area contributed by atoms with Crippen LogP contribution >= 0.6 is 0 Å². The molecule has 0 unspecified atom stereocenters. The van der Waals surface area contributed by atoms with Gasteiger partial charge in [0.25, 0.3) is 0 Å². The quantitative estimate of drug-likeness (QED) is 0.868. The first-order chi connectivity index (χ1) is 7.99. The fourth-order valence-corrected chi connectivity index (χ4v) is 2.16. The zero-order valence-corrected chi connectivity index (χ0v) is 10.8. The Kier molecular flexibility index (Phi) is 3.24. The summed E-state index contributed by atoms with van der Waals surface area (Å²) in [6, 6.07) is 0. The molecule has 0 atom stereocenters. The minimum Gasteiger partial charge on any atom is -0.488 e. The lowest BCUT2D eigenvalue weighted by Crippen LogP contribution is -2.12. The molecule has 1 aliphatic carbocycles. The van der Waals surface area contributed by atoms with Crippen LogP contribution in [0.5, 0.6) is 5.75 Å². The number of hydrogen-bond acceptors (Lipinski definition) is 4. The molecule has 94 valence electrons. The molecule has 5 nitrogen and oxygen atoms in total. The third-order valence-electron chi connectivity index (χ3n) is 2.48. The van der Waals surface area contributed by atoms with E-state index >= 15 is 0 Å². The van der Waals surface area contributed by atoms with Gasteiger partial charge < -0.3 is 4.74 Å².